The van der Waals surface area contributed by atoms with Crippen LogP contribution in [0.25, 0.3) is 11.3 Å². The van der Waals surface area contributed by atoms with Gasteiger partial charge in [0.15, 0.2) is 15.7 Å². The molecule has 12 heteroatoms. The number of hydrogen-bond donors (Lipinski definition) is 5. The van der Waals surface area contributed by atoms with E-state index in [1.807, 2.05) is 27.7 Å². The summed E-state index contributed by atoms with van der Waals surface area (Å²) in [5, 5.41) is 13.3. The Hall–Kier alpha value is -4.19. The Morgan fingerprint density at radius 3 is 2.34 bits per heavy atom. The van der Waals surface area contributed by atoms with Gasteiger partial charge in [-0.05, 0) is 43.5 Å². The van der Waals surface area contributed by atoms with Crippen LogP contribution in [0.1, 0.15) is 51.7 Å². The molecule has 1 aromatic heterocycles. The number of aromatic nitrogens is 2. The van der Waals surface area contributed by atoms with Crippen LogP contribution in [-0.2, 0) is 27.7 Å². The Morgan fingerprint density at radius 2 is 1.76 bits per heavy atom. The van der Waals surface area contributed by atoms with E-state index in [2.05, 4.69) is 15.6 Å². The maximum atomic E-state index is 13.5. The van der Waals surface area contributed by atoms with Gasteiger partial charge in [-0.3, -0.25) is 19.6 Å². The van der Waals surface area contributed by atoms with Crippen molar-refractivity contribution in [1.29, 1.82) is 5.41 Å². The summed E-state index contributed by atoms with van der Waals surface area (Å²) in [5.74, 6) is -0.420. The van der Waals surface area contributed by atoms with Gasteiger partial charge in [0.1, 0.15) is 12.4 Å². The molecule has 0 aliphatic rings. The van der Waals surface area contributed by atoms with Crippen LogP contribution in [0.3, 0.4) is 0 Å². The van der Waals surface area contributed by atoms with Gasteiger partial charge >= 0.3 is 0 Å². The number of nitrogens with zero attached hydrogens (tertiary/aromatic N) is 2. The Balaban J connectivity index is 1.98. The molecule has 0 bridgehead atoms. The number of benzene rings is 2. The standard InChI is InChI=1S/C29H39N7O4S/c1-5-19(6-2)17-41(39,40)24-12-22(11-23(30)13-24)25-15-34-28(35-18(3)4)29(38)36(25)16-26(37)33-14-20-7-9-21(10-8-20)27(31)32/h7-13,15,18-19H,5-6,14,16-17,30H2,1-4H3,(H3,31,32)(H,33,37)(H,34,35). The molecule has 3 rings (SSSR count). The number of carbonyl (C=O) groups is 1. The first kappa shape index (κ1) is 31.3. The highest BCUT2D eigenvalue weighted by molar-refractivity contribution is 7.91. The molecule has 0 fully saturated rings. The lowest BCUT2D eigenvalue weighted by atomic mass is 10.1. The van der Waals surface area contributed by atoms with Gasteiger partial charge in [-0.1, -0.05) is 51.0 Å². The van der Waals surface area contributed by atoms with E-state index in [0.717, 1.165) is 18.4 Å². The van der Waals surface area contributed by atoms with Crippen LogP contribution in [0.4, 0.5) is 11.5 Å². The van der Waals surface area contributed by atoms with Gasteiger partial charge < -0.3 is 22.1 Å². The predicted molar refractivity (Wildman–Crippen MR) is 163 cm³/mol. The van der Waals surface area contributed by atoms with E-state index in [4.69, 9.17) is 16.9 Å². The van der Waals surface area contributed by atoms with Crippen LogP contribution in [0, 0.1) is 11.3 Å². The molecule has 1 amide bonds. The number of carbonyl (C=O) groups excluding carboxylic acids is 1. The molecule has 0 aliphatic heterocycles. The Bertz CT molecular complexity index is 1560. The molecule has 1 heterocycles. The molecule has 0 saturated carbocycles. The van der Waals surface area contributed by atoms with Gasteiger partial charge in [-0.25, -0.2) is 13.4 Å². The topological polar surface area (TPSA) is 186 Å². The summed E-state index contributed by atoms with van der Waals surface area (Å²) in [7, 11) is -3.66. The molecule has 0 atom stereocenters. The molecule has 0 radical (unpaired) electrons. The lowest BCUT2D eigenvalue weighted by Crippen LogP contribution is -2.35. The number of hydrogen-bond acceptors (Lipinski definition) is 8. The second-order valence-corrected chi connectivity index (χ2v) is 12.4. The van der Waals surface area contributed by atoms with E-state index in [1.165, 1.54) is 22.9 Å². The van der Waals surface area contributed by atoms with E-state index in [9.17, 15) is 18.0 Å². The van der Waals surface area contributed by atoms with E-state index >= 15 is 0 Å². The average Bonchev–Trinajstić information content (AvgIpc) is 2.92. The third-order valence-electron chi connectivity index (χ3n) is 6.73. The predicted octanol–water partition coefficient (Wildman–Crippen LogP) is 3.12. The monoisotopic (exact) mass is 581 g/mol. The molecule has 11 nitrogen and oxygen atoms in total. The van der Waals surface area contributed by atoms with E-state index < -0.39 is 21.3 Å². The molecule has 0 saturated heterocycles. The van der Waals surface area contributed by atoms with Crippen molar-refractivity contribution in [2.24, 2.45) is 11.7 Å². The lowest BCUT2D eigenvalue weighted by molar-refractivity contribution is -0.121. The molecule has 0 spiro atoms. The highest BCUT2D eigenvalue weighted by Gasteiger charge is 2.22. The number of anilines is 2. The first-order valence-corrected chi connectivity index (χ1v) is 15.2. The number of nitrogens with one attached hydrogen (secondary N) is 3. The fourth-order valence-electron chi connectivity index (χ4n) is 4.33. The molecular weight excluding hydrogens is 542 g/mol. The van der Waals surface area contributed by atoms with Gasteiger partial charge in [-0.15, -0.1) is 0 Å². The highest BCUT2D eigenvalue weighted by Crippen LogP contribution is 2.27. The summed E-state index contributed by atoms with van der Waals surface area (Å²) >= 11 is 0. The van der Waals surface area contributed by atoms with Gasteiger partial charge in [0.2, 0.25) is 5.91 Å². The highest BCUT2D eigenvalue weighted by atomic mass is 32.2. The van der Waals surface area contributed by atoms with Gasteiger partial charge in [0.25, 0.3) is 5.56 Å². The van der Waals surface area contributed by atoms with Crippen molar-refractivity contribution in [3.05, 3.63) is 70.1 Å². The van der Waals surface area contributed by atoms with Gasteiger partial charge in [0, 0.05) is 29.4 Å². The van der Waals surface area contributed by atoms with Crippen LogP contribution >= 0.6 is 0 Å². The quantitative estimate of drug-likeness (QED) is 0.116. The first-order valence-electron chi connectivity index (χ1n) is 13.5. The molecule has 0 aliphatic carbocycles. The van der Waals surface area contributed by atoms with Crippen molar-refractivity contribution >= 4 is 33.1 Å². The zero-order chi connectivity index (χ0) is 30.3. The van der Waals surface area contributed by atoms with Gasteiger partial charge in [0.05, 0.1) is 22.5 Å². The summed E-state index contributed by atoms with van der Waals surface area (Å²) < 4.78 is 27.8. The van der Waals surface area contributed by atoms with Crippen molar-refractivity contribution in [2.45, 2.75) is 64.6 Å². The summed E-state index contributed by atoms with van der Waals surface area (Å²) in [6, 6.07) is 11.2. The first-order chi connectivity index (χ1) is 19.3. The largest absolute Gasteiger partial charge is 0.399 e. The summed E-state index contributed by atoms with van der Waals surface area (Å²) in [6.45, 7) is 7.49. The third-order valence-corrected chi connectivity index (χ3v) is 8.59. The maximum absolute atomic E-state index is 13.5. The maximum Gasteiger partial charge on any atom is 0.294 e. The second-order valence-electron chi connectivity index (χ2n) is 10.3. The van der Waals surface area contributed by atoms with Crippen molar-refractivity contribution in [1.82, 2.24) is 14.9 Å². The number of rotatable bonds is 13. The molecular formula is C29H39N7O4S. The average molecular weight is 582 g/mol. The minimum absolute atomic E-state index is 0.00785. The number of amidine groups is 1. The minimum Gasteiger partial charge on any atom is -0.399 e. The molecule has 7 N–H and O–H groups in total. The minimum atomic E-state index is -3.66. The Kier molecular flexibility index (Phi) is 10.3. The Labute approximate surface area is 240 Å². The normalized spacial score (nSPS) is 11.6. The van der Waals surface area contributed by atoms with Crippen molar-refractivity contribution < 1.29 is 13.2 Å². The lowest BCUT2D eigenvalue weighted by Gasteiger charge is -2.18. The molecule has 2 aromatic carbocycles. The summed E-state index contributed by atoms with van der Waals surface area (Å²) in [6.07, 6.45) is 2.90. The molecule has 0 unspecified atom stereocenters. The zero-order valence-electron chi connectivity index (χ0n) is 23.9. The van der Waals surface area contributed by atoms with Crippen LogP contribution < -0.4 is 27.7 Å². The van der Waals surface area contributed by atoms with E-state index in [-0.39, 0.29) is 58.7 Å². The smallest absolute Gasteiger partial charge is 0.294 e. The zero-order valence-corrected chi connectivity index (χ0v) is 24.7. The van der Waals surface area contributed by atoms with Crippen molar-refractivity contribution in [3.63, 3.8) is 0 Å². The van der Waals surface area contributed by atoms with E-state index in [0.29, 0.717) is 11.1 Å². The fraction of sp³-hybridized carbons (Fsp3) is 0.379. The van der Waals surface area contributed by atoms with Crippen LogP contribution in [0.2, 0.25) is 0 Å². The molecule has 3 aromatic rings. The fourth-order valence-corrected chi connectivity index (χ4v) is 6.24. The van der Waals surface area contributed by atoms with Crippen LogP contribution in [-0.4, -0.2) is 41.5 Å². The van der Waals surface area contributed by atoms with Crippen LogP contribution in [0.5, 0.6) is 0 Å². The van der Waals surface area contributed by atoms with Crippen LogP contribution in [0.15, 0.2) is 58.4 Å². The summed E-state index contributed by atoms with van der Waals surface area (Å²) in [5.41, 5.74) is 13.3. The van der Waals surface area contributed by atoms with Gasteiger partial charge in [-0.2, -0.15) is 0 Å². The molecule has 41 heavy (non-hydrogen) atoms. The van der Waals surface area contributed by atoms with E-state index in [1.54, 1.807) is 30.3 Å². The Morgan fingerprint density at radius 1 is 1.10 bits per heavy atom. The number of nitrogen functional groups attached to an aromatic ring is 2. The number of amides is 1. The SMILES string of the molecule is CCC(CC)CS(=O)(=O)c1cc(N)cc(-c2cnc(NC(C)C)c(=O)n2CC(=O)NCc2ccc(C(=N)N)cc2)c1. The summed E-state index contributed by atoms with van der Waals surface area (Å²) in [4.78, 5) is 30.8. The van der Waals surface area contributed by atoms with Crippen molar-refractivity contribution in [3.8, 4) is 11.3 Å². The molecule has 220 valence electrons. The second kappa shape index (κ2) is 13.4. The number of nitrogens with two attached hydrogens (primary N) is 2. The van der Waals surface area contributed by atoms with Crippen molar-refractivity contribution in [2.75, 3.05) is 16.8 Å². The third kappa shape index (κ3) is 8.16. The number of sulfone groups is 1.